The Labute approximate surface area is 227 Å². The van der Waals surface area contributed by atoms with Crippen molar-refractivity contribution in [3.63, 3.8) is 0 Å². The first-order valence-electron chi connectivity index (χ1n) is 12.0. The lowest BCUT2D eigenvalue weighted by molar-refractivity contribution is 0.0191. The van der Waals surface area contributed by atoms with Gasteiger partial charge in [-0.05, 0) is 39.7 Å². The highest BCUT2D eigenvalue weighted by molar-refractivity contribution is 6.37. The van der Waals surface area contributed by atoms with E-state index in [1.165, 1.54) is 0 Å². The molecule has 0 bridgehead atoms. The summed E-state index contributed by atoms with van der Waals surface area (Å²) in [6, 6.07) is 5.62. The summed E-state index contributed by atoms with van der Waals surface area (Å²) in [6.45, 7) is 6.77. The first-order valence-corrected chi connectivity index (χ1v) is 13.7. The number of hydrogen-bond donors (Lipinski definition) is 2. The number of rotatable bonds is 3. The van der Waals surface area contributed by atoms with E-state index in [0.717, 1.165) is 34.0 Å². The van der Waals surface area contributed by atoms with Crippen LogP contribution in [0.25, 0.3) is 27.8 Å². The predicted octanol–water partition coefficient (Wildman–Crippen LogP) is 4.56. The van der Waals surface area contributed by atoms with E-state index in [-0.39, 0.29) is 11.3 Å². The molecular formula is C25H27Cl2N7O2Si. The monoisotopic (exact) mass is 555 g/mol. The third kappa shape index (κ3) is 4.74. The zero-order chi connectivity index (χ0) is 26.5. The molecule has 1 saturated heterocycles. The second-order valence-corrected chi connectivity index (χ2v) is 13.2. The van der Waals surface area contributed by atoms with Crippen LogP contribution in [0.3, 0.4) is 0 Å². The quantitative estimate of drug-likeness (QED) is 0.358. The molecule has 192 valence electrons. The summed E-state index contributed by atoms with van der Waals surface area (Å²) in [4.78, 5) is 27.2. The zero-order valence-electron chi connectivity index (χ0n) is 21.0. The van der Waals surface area contributed by atoms with Crippen LogP contribution in [-0.2, 0) is 4.74 Å². The van der Waals surface area contributed by atoms with Gasteiger partial charge >= 0.3 is 6.09 Å². The Balaban J connectivity index is 1.54. The fourth-order valence-electron chi connectivity index (χ4n) is 4.77. The van der Waals surface area contributed by atoms with Crippen molar-refractivity contribution in [3.8, 4) is 17.3 Å². The molecule has 37 heavy (non-hydrogen) atoms. The number of imidazole rings is 1. The lowest BCUT2D eigenvalue weighted by Crippen LogP contribution is -2.56. The number of H-pyrrole nitrogens is 1. The van der Waals surface area contributed by atoms with Crippen molar-refractivity contribution in [2.75, 3.05) is 18.4 Å². The minimum absolute atomic E-state index is 0.308. The van der Waals surface area contributed by atoms with Gasteiger partial charge in [0, 0.05) is 58.0 Å². The Hall–Kier alpha value is -3.26. The Morgan fingerprint density at radius 2 is 2.14 bits per heavy atom. The molecule has 1 atom stereocenters. The number of fused-ring (bicyclic) bond motifs is 2. The normalized spacial score (nSPS) is 18.3. The molecule has 0 saturated carbocycles. The van der Waals surface area contributed by atoms with E-state index >= 15 is 0 Å². The summed E-state index contributed by atoms with van der Waals surface area (Å²) < 4.78 is 7.41. The molecule has 4 aromatic rings. The van der Waals surface area contributed by atoms with Gasteiger partial charge in [-0.1, -0.05) is 29.3 Å². The summed E-state index contributed by atoms with van der Waals surface area (Å²) in [6.07, 6.45) is 6.69. The summed E-state index contributed by atoms with van der Waals surface area (Å²) in [7, 11) is 0.757. The minimum Gasteiger partial charge on any atom is -0.444 e. The van der Waals surface area contributed by atoms with Gasteiger partial charge < -0.3 is 19.9 Å². The van der Waals surface area contributed by atoms with Crippen molar-refractivity contribution in [3.05, 3.63) is 46.5 Å². The molecule has 4 heterocycles. The number of halogens is 2. The van der Waals surface area contributed by atoms with E-state index < -0.39 is 5.60 Å². The molecule has 3 aromatic heterocycles. The number of nitriles is 1. The van der Waals surface area contributed by atoms with Gasteiger partial charge in [-0.15, -0.1) is 0 Å². The summed E-state index contributed by atoms with van der Waals surface area (Å²) in [5.74, 6) is 0.583. The van der Waals surface area contributed by atoms with Gasteiger partial charge in [0.05, 0.1) is 16.1 Å². The lowest BCUT2D eigenvalue weighted by Gasteiger charge is -2.41. The summed E-state index contributed by atoms with van der Waals surface area (Å²) in [5.41, 5.74) is 2.38. The van der Waals surface area contributed by atoms with Crippen LogP contribution in [0.15, 0.2) is 30.7 Å². The maximum Gasteiger partial charge on any atom is 0.410 e. The van der Waals surface area contributed by atoms with E-state index in [1.807, 2.05) is 26.8 Å². The third-order valence-electron chi connectivity index (χ3n) is 6.42. The molecule has 1 aliphatic heterocycles. The summed E-state index contributed by atoms with van der Waals surface area (Å²) in [5, 5.41) is 14.2. The van der Waals surface area contributed by atoms with Crippen molar-refractivity contribution >= 4 is 61.9 Å². The lowest BCUT2D eigenvalue weighted by atomic mass is 10.0. The number of anilines is 1. The number of amides is 1. The fraction of sp³-hybridized carbons (Fsp3) is 0.360. The second kappa shape index (κ2) is 9.24. The molecule has 5 rings (SSSR count). The van der Waals surface area contributed by atoms with E-state index in [1.54, 1.807) is 34.0 Å². The number of nitrogens with zero attached hydrogens (tertiary/aromatic N) is 5. The van der Waals surface area contributed by atoms with Crippen molar-refractivity contribution in [2.45, 2.75) is 44.4 Å². The average molecular weight is 557 g/mol. The molecule has 1 aliphatic rings. The number of carbonyl (C=O) groups is 1. The van der Waals surface area contributed by atoms with Gasteiger partial charge in [0.25, 0.3) is 0 Å². The topological polar surface area (TPSA) is 111 Å². The van der Waals surface area contributed by atoms with Crippen molar-refractivity contribution in [1.82, 2.24) is 24.3 Å². The number of piperidine rings is 1. The highest BCUT2D eigenvalue weighted by Gasteiger charge is 2.36. The van der Waals surface area contributed by atoms with Gasteiger partial charge in [-0.25, -0.2) is 14.8 Å². The SMILES string of the molecule is CC(C)(C)OC(=O)N1CCC[C@@]([SiH3])(Nc2nc(-c3c[nH]c4c(Cl)c(C#N)ccc34)c(Cl)n3ccnc23)C1. The largest absolute Gasteiger partial charge is 0.444 e. The molecule has 0 spiro atoms. The van der Waals surface area contributed by atoms with Gasteiger partial charge in [-0.2, -0.15) is 5.26 Å². The van der Waals surface area contributed by atoms with Gasteiger partial charge in [0.2, 0.25) is 0 Å². The molecular weight excluding hydrogens is 529 g/mol. The molecule has 0 unspecified atom stereocenters. The number of benzene rings is 1. The first kappa shape index (κ1) is 25.4. The Morgan fingerprint density at radius 1 is 1.35 bits per heavy atom. The van der Waals surface area contributed by atoms with Crippen molar-refractivity contribution in [2.24, 2.45) is 0 Å². The number of nitrogens with one attached hydrogen (secondary N) is 2. The molecule has 0 radical (unpaired) electrons. The third-order valence-corrected chi connectivity index (χ3v) is 8.24. The number of carbonyl (C=O) groups excluding carboxylic acids is 1. The summed E-state index contributed by atoms with van der Waals surface area (Å²) >= 11 is 13.3. The van der Waals surface area contributed by atoms with Crippen LogP contribution in [0.4, 0.5) is 10.6 Å². The molecule has 2 N–H and O–H groups in total. The average Bonchev–Trinajstić information content (AvgIpc) is 3.48. The first-order chi connectivity index (χ1) is 17.5. The van der Waals surface area contributed by atoms with Gasteiger partial charge in [0.15, 0.2) is 11.5 Å². The Bertz CT molecular complexity index is 1570. The molecule has 1 aromatic carbocycles. The van der Waals surface area contributed by atoms with Crippen LogP contribution in [0.5, 0.6) is 0 Å². The van der Waals surface area contributed by atoms with E-state index in [2.05, 4.69) is 21.4 Å². The zero-order valence-corrected chi connectivity index (χ0v) is 24.5. The number of aromatic nitrogens is 4. The van der Waals surface area contributed by atoms with Crippen molar-refractivity contribution < 1.29 is 9.53 Å². The number of likely N-dealkylation sites (tertiary alicyclic amines) is 1. The highest BCUT2D eigenvalue weighted by Crippen LogP contribution is 2.38. The number of aromatic amines is 1. The Kier molecular flexibility index (Phi) is 6.34. The maximum atomic E-state index is 12.8. The Morgan fingerprint density at radius 3 is 2.86 bits per heavy atom. The van der Waals surface area contributed by atoms with Gasteiger partial charge in [0.1, 0.15) is 22.5 Å². The van der Waals surface area contributed by atoms with Crippen LogP contribution >= 0.6 is 23.2 Å². The van der Waals surface area contributed by atoms with Crippen LogP contribution in [-0.4, -0.2) is 64.4 Å². The molecule has 9 nitrogen and oxygen atoms in total. The molecule has 0 aliphatic carbocycles. The van der Waals surface area contributed by atoms with E-state index in [4.69, 9.17) is 32.9 Å². The number of hydrogen-bond acceptors (Lipinski definition) is 6. The standard InChI is InChI=1S/C25H27Cl2N7O2Si/c1-24(2,3)36-23(35)33-9-4-7-25(37,13-33)32-21-22-29-8-10-34(22)20(27)19(31-21)16-12-30-18-15(16)6-5-14(11-28)17(18)26/h5-6,8,10,12,30H,4,7,9,13H2,1-3,37H3,(H,31,32)/t25-/m0/s1. The van der Waals surface area contributed by atoms with Crippen LogP contribution in [0, 0.1) is 11.3 Å². The second-order valence-electron chi connectivity index (χ2n) is 10.6. The van der Waals surface area contributed by atoms with Crippen LogP contribution in [0.1, 0.15) is 39.2 Å². The number of ether oxygens (including phenoxy) is 1. The molecule has 12 heteroatoms. The molecule has 1 fully saturated rings. The van der Waals surface area contributed by atoms with Gasteiger partial charge in [-0.3, -0.25) is 4.40 Å². The predicted molar refractivity (Wildman–Crippen MR) is 148 cm³/mol. The highest BCUT2D eigenvalue weighted by atomic mass is 35.5. The van der Waals surface area contributed by atoms with Crippen molar-refractivity contribution in [1.29, 1.82) is 5.26 Å². The maximum absolute atomic E-state index is 12.8. The van der Waals surface area contributed by atoms with Crippen LogP contribution in [0.2, 0.25) is 10.2 Å². The fourth-order valence-corrected chi connectivity index (χ4v) is 6.28. The van der Waals surface area contributed by atoms with E-state index in [9.17, 15) is 10.1 Å². The van der Waals surface area contributed by atoms with E-state index in [0.29, 0.717) is 51.5 Å². The smallest absolute Gasteiger partial charge is 0.410 e. The van der Waals surface area contributed by atoms with Crippen LogP contribution < -0.4 is 5.32 Å². The minimum atomic E-state index is -0.555. The molecule has 1 amide bonds.